The molecule has 0 bridgehead atoms. The Kier molecular flexibility index (Phi) is 7.66. The van der Waals surface area contributed by atoms with Crippen LogP contribution in [0.5, 0.6) is 0 Å². The van der Waals surface area contributed by atoms with Gasteiger partial charge in [0, 0.05) is 44.1 Å². The van der Waals surface area contributed by atoms with Gasteiger partial charge in [-0.3, -0.25) is 19.5 Å². The first kappa shape index (κ1) is 28.7. The zero-order valence-corrected chi connectivity index (χ0v) is 24.7. The van der Waals surface area contributed by atoms with Crippen molar-refractivity contribution >= 4 is 46.0 Å². The number of aromatic nitrogens is 3. The maximum Gasteiger partial charge on any atom is 0.287 e. The number of carbonyl (C=O) groups excluding carboxylic acids is 3. The van der Waals surface area contributed by atoms with Crippen molar-refractivity contribution in [2.24, 2.45) is 0 Å². The SMILES string of the molecule is CN1CCN(c2ccc(C(=O)Nc3n[nH]c4cc(C(=O)NC(C)(C)c5ccccc5)oc34)c(NC(=O)c3ccc[nH]3)c2)CC1. The number of hydrogen-bond donors (Lipinski definition) is 5. The minimum atomic E-state index is -0.647. The van der Waals surface area contributed by atoms with Crippen molar-refractivity contribution in [1.82, 2.24) is 25.4 Å². The normalized spacial score (nSPS) is 14.0. The van der Waals surface area contributed by atoms with Crippen molar-refractivity contribution in [2.75, 3.05) is 48.8 Å². The van der Waals surface area contributed by atoms with Crippen LogP contribution in [-0.4, -0.2) is 71.0 Å². The second kappa shape index (κ2) is 11.7. The lowest BCUT2D eigenvalue weighted by Gasteiger charge is -2.34. The Balaban J connectivity index is 1.23. The van der Waals surface area contributed by atoms with Gasteiger partial charge in [-0.25, -0.2) is 0 Å². The fourth-order valence-electron chi connectivity index (χ4n) is 5.22. The summed E-state index contributed by atoms with van der Waals surface area (Å²) >= 11 is 0. The van der Waals surface area contributed by atoms with Crippen LogP contribution >= 0.6 is 0 Å². The topological polar surface area (TPSA) is 151 Å². The van der Waals surface area contributed by atoms with Crippen LogP contribution < -0.4 is 20.9 Å². The number of furan rings is 1. The van der Waals surface area contributed by atoms with Gasteiger partial charge in [0.2, 0.25) is 0 Å². The van der Waals surface area contributed by atoms with E-state index in [4.69, 9.17) is 4.42 Å². The number of amides is 3. The molecule has 5 N–H and O–H groups in total. The van der Waals surface area contributed by atoms with E-state index in [2.05, 4.69) is 48.0 Å². The summed E-state index contributed by atoms with van der Waals surface area (Å²) in [5.41, 5.74) is 2.84. The van der Waals surface area contributed by atoms with Gasteiger partial charge in [0.15, 0.2) is 17.2 Å². The third-order valence-electron chi connectivity index (χ3n) is 7.82. The van der Waals surface area contributed by atoms with Crippen molar-refractivity contribution in [3.8, 4) is 0 Å². The number of benzene rings is 2. The van der Waals surface area contributed by atoms with Gasteiger partial charge in [0.1, 0.15) is 11.2 Å². The lowest BCUT2D eigenvalue weighted by molar-refractivity contribution is 0.0885. The highest BCUT2D eigenvalue weighted by molar-refractivity contribution is 6.14. The zero-order valence-electron chi connectivity index (χ0n) is 24.7. The Morgan fingerprint density at radius 1 is 0.886 bits per heavy atom. The molecule has 3 amide bonds. The largest absolute Gasteiger partial charge is 0.445 e. The second-order valence-corrected chi connectivity index (χ2v) is 11.4. The molecule has 1 aliphatic heterocycles. The van der Waals surface area contributed by atoms with E-state index in [-0.39, 0.29) is 28.6 Å². The van der Waals surface area contributed by atoms with Crippen LogP contribution in [0.25, 0.3) is 11.1 Å². The Labute approximate surface area is 253 Å². The molecule has 0 radical (unpaired) electrons. The molecular weight excluding hydrogens is 560 g/mol. The number of H-pyrrole nitrogens is 2. The number of piperazine rings is 1. The lowest BCUT2D eigenvalue weighted by Crippen LogP contribution is -2.44. The summed E-state index contributed by atoms with van der Waals surface area (Å²) in [5.74, 6) is -1.09. The molecule has 1 fully saturated rings. The summed E-state index contributed by atoms with van der Waals surface area (Å²) in [4.78, 5) is 47.0. The molecule has 3 aromatic heterocycles. The molecule has 6 rings (SSSR count). The molecule has 0 unspecified atom stereocenters. The predicted octanol–water partition coefficient (Wildman–Crippen LogP) is 4.41. The van der Waals surface area contributed by atoms with Crippen molar-refractivity contribution in [1.29, 1.82) is 0 Å². The Morgan fingerprint density at radius 3 is 2.39 bits per heavy atom. The molecule has 1 saturated heterocycles. The number of carbonyl (C=O) groups is 3. The number of likely N-dealkylation sites (N-methyl/N-ethyl adjacent to an activating group) is 1. The average Bonchev–Trinajstić information content (AvgIpc) is 3.77. The van der Waals surface area contributed by atoms with Crippen molar-refractivity contribution in [3.63, 3.8) is 0 Å². The summed E-state index contributed by atoms with van der Waals surface area (Å²) in [6.07, 6.45) is 1.66. The number of aromatic amines is 2. The molecule has 0 spiro atoms. The second-order valence-electron chi connectivity index (χ2n) is 11.4. The van der Waals surface area contributed by atoms with Gasteiger partial charge in [-0.15, -0.1) is 0 Å². The van der Waals surface area contributed by atoms with E-state index in [1.165, 1.54) is 0 Å². The average molecular weight is 595 g/mol. The fraction of sp³-hybridized carbons (Fsp3) is 0.250. The van der Waals surface area contributed by atoms with E-state index in [0.717, 1.165) is 37.4 Å². The van der Waals surface area contributed by atoms with E-state index < -0.39 is 17.4 Å². The Morgan fingerprint density at radius 2 is 1.66 bits per heavy atom. The van der Waals surface area contributed by atoms with E-state index in [0.29, 0.717) is 16.9 Å². The molecule has 12 nitrogen and oxygen atoms in total. The first-order valence-corrected chi connectivity index (χ1v) is 14.4. The van der Waals surface area contributed by atoms with Crippen LogP contribution in [-0.2, 0) is 5.54 Å². The molecule has 4 heterocycles. The molecule has 5 aromatic rings. The summed E-state index contributed by atoms with van der Waals surface area (Å²) < 4.78 is 5.87. The minimum Gasteiger partial charge on any atom is -0.445 e. The highest BCUT2D eigenvalue weighted by Gasteiger charge is 2.27. The molecule has 0 saturated carbocycles. The van der Waals surface area contributed by atoms with Gasteiger partial charge in [-0.05, 0) is 56.8 Å². The smallest absolute Gasteiger partial charge is 0.287 e. The van der Waals surface area contributed by atoms with E-state index in [1.54, 1.807) is 30.5 Å². The Bertz CT molecular complexity index is 1800. The molecule has 12 heteroatoms. The minimum absolute atomic E-state index is 0.0728. The monoisotopic (exact) mass is 594 g/mol. The van der Waals surface area contributed by atoms with Crippen LogP contribution in [0.3, 0.4) is 0 Å². The molecule has 44 heavy (non-hydrogen) atoms. The highest BCUT2D eigenvalue weighted by atomic mass is 16.3. The third-order valence-corrected chi connectivity index (χ3v) is 7.82. The number of nitrogens with zero attached hydrogens (tertiary/aromatic N) is 3. The number of anilines is 3. The summed E-state index contributed by atoms with van der Waals surface area (Å²) in [6, 6.07) is 19.9. The van der Waals surface area contributed by atoms with Crippen molar-refractivity contribution in [3.05, 3.63) is 95.5 Å². The van der Waals surface area contributed by atoms with Gasteiger partial charge in [0.05, 0.1) is 16.8 Å². The van der Waals surface area contributed by atoms with Crippen LogP contribution in [0, 0.1) is 0 Å². The van der Waals surface area contributed by atoms with Gasteiger partial charge < -0.3 is 35.2 Å². The molecule has 1 aliphatic rings. The summed E-state index contributed by atoms with van der Waals surface area (Å²) in [6.45, 7) is 7.29. The van der Waals surface area contributed by atoms with E-state index >= 15 is 0 Å². The van der Waals surface area contributed by atoms with Gasteiger partial charge >= 0.3 is 0 Å². The van der Waals surface area contributed by atoms with Crippen molar-refractivity contribution < 1.29 is 18.8 Å². The molecule has 2 aromatic carbocycles. The molecular formula is C32H34N8O4. The zero-order chi connectivity index (χ0) is 30.8. The van der Waals surface area contributed by atoms with Gasteiger partial charge in [-0.1, -0.05) is 30.3 Å². The number of fused-ring (bicyclic) bond motifs is 1. The lowest BCUT2D eigenvalue weighted by atomic mass is 9.94. The molecule has 0 atom stereocenters. The van der Waals surface area contributed by atoms with Gasteiger partial charge in [0.25, 0.3) is 17.7 Å². The van der Waals surface area contributed by atoms with Crippen LogP contribution in [0.15, 0.2) is 77.3 Å². The summed E-state index contributed by atoms with van der Waals surface area (Å²) in [5, 5.41) is 15.6. The Hall–Kier alpha value is -5.36. The quantitative estimate of drug-likeness (QED) is 0.179. The first-order chi connectivity index (χ1) is 21.2. The number of rotatable bonds is 8. The summed E-state index contributed by atoms with van der Waals surface area (Å²) in [7, 11) is 2.08. The maximum absolute atomic E-state index is 13.6. The maximum atomic E-state index is 13.6. The fourth-order valence-corrected chi connectivity index (χ4v) is 5.22. The van der Waals surface area contributed by atoms with Crippen molar-refractivity contribution in [2.45, 2.75) is 19.4 Å². The number of hydrogen-bond acceptors (Lipinski definition) is 7. The molecule has 0 aliphatic carbocycles. The molecule has 226 valence electrons. The van der Waals surface area contributed by atoms with Crippen LogP contribution in [0.1, 0.15) is 50.8 Å². The predicted molar refractivity (Wildman–Crippen MR) is 168 cm³/mol. The standard InChI is InChI=1S/C32H34N8O4/c1-32(2,20-8-5-4-6-9-20)36-31(43)26-19-25-27(44-26)28(38-37-25)35-29(41)22-12-11-21(40-16-14-39(3)15-17-40)18-24(22)34-30(42)23-10-7-13-33-23/h4-13,18-19,33H,14-17H2,1-3H3,(H,34,42)(H,36,43)(H2,35,37,38,41). The van der Waals surface area contributed by atoms with E-state index in [9.17, 15) is 14.4 Å². The first-order valence-electron chi connectivity index (χ1n) is 14.4. The van der Waals surface area contributed by atoms with Gasteiger partial charge in [-0.2, -0.15) is 5.10 Å². The van der Waals surface area contributed by atoms with Crippen LogP contribution in [0.2, 0.25) is 0 Å². The van der Waals surface area contributed by atoms with Crippen LogP contribution in [0.4, 0.5) is 17.2 Å². The van der Waals surface area contributed by atoms with E-state index in [1.807, 2.05) is 56.3 Å². The third kappa shape index (κ3) is 5.92. The number of nitrogens with one attached hydrogen (secondary N) is 5. The highest BCUT2D eigenvalue weighted by Crippen LogP contribution is 2.29.